The van der Waals surface area contributed by atoms with Crippen LogP contribution >= 0.6 is 0 Å². The molecule has 100 valence electrons. The summed E-state index contributed by atoms with van der Waals surface area (Å²) in [6.07, 6.45) is 1.03. The fourth-order valence-corrected chi connectivity index (χ4v) is 1.97. The van der Waals surface area contributed by atoms with E-state index in [-0.39, 0.29) is 5.78 Å². The van der Waals surface area contributed by atoms with Gasteiger partial charge in [0.25, 0.3) is 0 Å². The van der Waals surface area contributed by atoms with Gasteiger partial charge in [-0.25, -0.2) is 0 Å². The minimum absolute atomic E-state index is 0.167. The van der Waals surface area contributed by atoms with Crippen LogP contribution in [0.5, 0.6) is 5.75 Å². The number of anilines is 1. The SMILES string of the molecule is CC(C)=O.COc1ccc2c(c1)C(CCN)CN2. The van der Waals surface area contributed by atoms with Crippen LogP contribution in [0.1, 0.15) is 31.7 Å². The van der Waals surface area contributed by atoms with Crippen molar-refractivity contribution in [2.24, 2.45) is 5.73 Å². The van der Waals surface area contributed by atoms with Crippen LogP contribution < -0.4 is 15.8 Å². The van der Waals surface area contributed by atoms with E-state index in [1.807, 2.05) is 6.07 Å². The molecular weight excluding hydrogens is 228 g/mol. The molecule has 1 aromatic carbocycles. The zero-order valence-electron chi connectivity index (χ0n) is 11.3. The Hall–Kier alpha value is -1.55. The summed E-state index contributed by atoms with van der Waals surface area (Å²) in [6, 6.07) is 6.16. The number of Topliss-reactive ketones (excluding diaryl/α,β-unsaturated/α-hetero) is 1. The van der Waals surface area contributed by atoms with E-state index in [1.54, 1.807) is 7.11 Å². The van der Waals surface area contributed by atoms with Gasteiger partial charge in [0.2, 0.25) is 0 Å². The predicted molar refractivity (Wildman–Crippen MR) is 74.3 cm³/mol. The molecule has 1 atom stereocenters. The number of ketones is 1. The van der Waals surface area contributed by atoms with Gasteiger partial charge in [-0.05, 0) is 50.6 Å². The highest BCUT2D eigenvalue weighted by Gasteiger charge is 2.21. The van der Waals surface area contributed by atoms with Crippen molar-refractivity contribution in [3.8, 4) is 5.75 Å². The Morgan fingerprint density at radius 1 is 1.50 bits per heavy atom. The monoisotopic (exact) mass is 250 g/mol. The summed E-state index contributed by atoms with van der Waals surface area (Å²) in [6.45, 7) is 4.79. The molecule has 1 heterocycles. The van der Waals surface area contributed by atoms with Crippen LogP contribution in [0, 0.1) is 0 Å². The maximum Gasteiger partial charge on any atom is 0.126 e. The number of hydrogen-bond donors (Lipinski definition) is 2. The molecule has 2 rings (SSSR count). The third-order valence-corrected chi connectivity index (χ3v) is 2.75. The maximum absolute atomic E-state index is 9.44. The van der Waals surface area contributed by atoms with Gasteiger partial charge in [0.1, 0.15) is 11.5 Å². The Labute approximate surface area is 109 Å². The van der Waals surface area contributed by atoms with E-state index >= 15 is 0 Å². The summed E-state index contributed by atoms with van der Waals surface area (Å²) < 4.78 is 5.21. The van der Waals surface area contributed by atoms with Gasteiger partial charge in [-0.3, -0.25) is 0 Å². The van der Waals surface area contributed by atoms with Crippen LogP contribution in [0.25, 0.3) is 0 Å². The molecule has 0 radical (unpaired) electrons. The lowest BCUT2D eigenvalue weighted by molar-refractivity contribution is -0.114. The van der Waals surface area contributed by atoms with Gasteiger partial charge in [0.05, 0.1) is 7.11 Å². The van der Waals surface area contributed by atoms with Crippen LogP contribution in [-0.4, -0.2) is 26.0 Å². The second kappa shape index (κ2) is 7.01. The van der Waals surface area contributed by atoms with Crippen LogP contribution in [0.2, 0.25) is 0 Å². The van der Waals surface area contributed by atoms with Crippen LogP contribution in [-0.2, 0) is 4.79 Å². The number of nitrogens with one attached hydrogen (secondary N) is 1. The Bertz CT molecular complexity index is 399. The van der Waals surface area contributed by atoms with Gasteiger partial charge in [0.15, 0.2) is 0 Å². The molecule has 0 saturated carbocycles. The normalized spacial score (nSPS) is 16.1. The first-order valence-electron chi connectivity index (χ1n) is 6.17. The average molecular weight is 250 g/mol. The predicted octanol–water partition coefficient (Wildman–Crippen LogP) is 2.15. The van der Waals surface area contributed by atoms with Crippen molar-refractivity contribution in [2.75, 3.05) is 25.5 Å². The maximum atomic E-state index is 9.44. The Morgan fingerprint density at radius 3 is 2.72 bits per heavy atom. The van der Waals surface area contributed by atoms with Crippen LogP contribution in [0.15, 0.2) is 18.2 Å². The molecule has 0 bridgehead atoms. The molecule has 1 aromatic rings. The molecule has 4 nitrogen and oxygen atoms in total. The summed E-state index contributed by atoms with van der Waals surface area (Å²) in [5, 5.41) is 3.38. The van der Waals surface area contributed by atoms with Crippen LogP contribution in [0.3, 0.4) is 0 Å². The number of hydrogen-bond acceptors (Lipinski definition) is 4. The highest BCUT2D eigenvalue weighted by Crippen LogP contribution is 2.35. The van der Waals surface area contributed by atoms with Crippen molar-refractivity contribution in [1.29, 1.82) is 0 Å². The Kier molecular flexibility index (Phi) is 5.65. The first-order valence-corrected chi connectivity index (χ1v) is 6.17. The summed E-state index contributed by atoms with van der Waals surface area (Å²) >= 11 is 0. The molecule has 1 aliphatic heterocycles. The lowest BCUT2D eigenvalue weighted by atomic mass is 9.98. The molecular formula is C14H22N2O2. The van der Waals surface area contributed by atoms with Crippen LogP contribution in [0.4, 0.5) is 5.69 Å². The number of rotatable bonds is 3. The van der Waals surface area contributed by atoms with E-state index in [1.165, 1.54) is 25.1 Å². The zero-order chi connectivity index (χ0) is 13.5. The number of ether oxygens (including phenoxy) is 1. The fraction of sp³-hybridized carbons (Fsp3) is 0.500. The summed E-state index contributed by atoms with van der Waals surface area (Å²) in [7, 11) is 1.70. The molecule has 3 N–H and O–H groups in total. The zero-order valence-corrected chi connectivity index (χ0v) is 11.3. The number of fused-ring (bicyclic) bond motifs is 1. The standard InChI is InChI=1S/C11H16N2O.C3H6O/c1-14-9-2-3-11-10(6-9)8(4-5-12)7-13-11;1-3(2)4/h2-3,6,8,13H,4-5,7,12H2,1H3;1-2H3. The van der Waals surface area contributed by atoms with E-state index < -0.39 is 0 Å². The number of nitrogens with two attached hydrogens (primary N) is 1. The minimum atomic E-state index is 0.167. The third kappa shape index (κ3) is 4.04. The second-order valence-electron chi connectivity index (χ2n) is 4.52. The summed E-state index contributed by atoms with van der Waals surface area (Å²) in [5.41, 5.74) is 8.15. The first-order chi connectivity index (χ1) is 8.58. The van der Waals surface area contributed by atoms with E-state index in [0.29, 0.717) is 5.92 Å². The summed E-state index contributed by atoms with van der Waals surface area (Å²) in [4.78, 5) is 9.44. The lowest BCUT2D eigenvalue weighted by Gasteiger charge is -2.09. The van der Waals surface area contributed by atoms with E-state index in [2.05, 4.69) is 17.4 Å². The molecule has 0 spiro atoms. The molecule has 0 aromatic heterocycles. The quantitative estimate of drug-likeness (QED) is 0.862. The minimum Gasteiger partial charge on any atom is -0.497 e. The van der Waals surface area contributed by atoms with Gasteiger partial charge >= 0.3 is 0 Å². The largest absolute Gasteiger partial charge is 0.497 e. The van der Waals surface area contributed by atoms with E-state index in [0.717, 1.165) is 25.3 Å². The number of carbonyl (C=O) groups excluding carboxylic acids is 1. The van der Waals surface area contributed by atoms with E-state index in [4.69, 9.17) is 10.5 Å². The molecule has 0 aliphatic carbocycles. The topological polar surface area (TPSA) is 64.3 Å². The van der Waals surface area contributed by atoms with Crippen molar-refractivity contribution >= 4 is 11.5 Å². The van der Waals surface area contributed by atoms with Crippen molar-refractivity contribution in [2.45, 2.75) is 26.2 Å². The average Bonchev–Trinajstić information content (AvgIpc) is 2.71. The highest BCUT2D eigenvalue weighted by molar-refractivity contribution is 5.72. The van der Waals surface area contributed by atoms with Crippen molar-refractivity contribution in [3.05, 3.63) is 23.8 Å². The molecule has 1 aliphatic rings. The van der Waals surface area contributed by atoms with Crippen molar-refractivity contribution < 1.29 is 9.53 Å². The molecule has 0 saturated heterocycles. The molecule has 18 heavy (non-hydrogen) atoms. The Morgan fingerprint density at radius 2 is 2.17 bits per heavy atom. The molecule has 0 amide bonds. The van der Waals surface area contributed by atoms with Crippen molar-refractivity contribution in [3.63, 3.8) is 0 Å². The fourth-order valence-electron chi connectivity index (χ4n) is 1.97. The third-order valence-electron chi connectivity index (χ3n) is 2.75. The molecule has 4 heteroatoms. The molecule has 1 unspecified atom stereocenters. The molecule has 0 fully saturated rings. The lowest BCUT2D eigenvalue weighted by Crippen LogP contribution is -2.08. The Balaban J connectivity index is 0.000000357. The van der Waals surface area contributed by atoms with Crippen molar-refractivity contribution in [1.82, 2.24) is 0 Å². The number of benzene rings is 1. The summed E-state index contributed by atoms with van der Waals surface area (Å²) in [5.74, 6) is 1.64. The van der Waals surface area contributed by atoms with Gasteiger partial charge < -0.3 is 20.6 Å². The van der Waals surface area contributed by atoms with Gasteiger partial charge in [-0.2, -0.15) is 0 Å². The van der Waals surface area contributed by atoms with Gasteiger partial charge in [-0.15, -0.1) is 0 Å². The highest BCUT2D eigenvalue weighted by atomic mass is 16.5. The van der Waals surface area contributed by atoms with Gasteiger partial charge in [-0.1, -0.05) is 0 Å². The van der Waals surface area contributed by atoms with Gasteiger partial charge in [0, 0.05) is 18.2 Å². The smallest absolute Gasteiger partial charge is 0.126 e. The first kappa shape index (κ1) is 14.5. The number of carbonyl (C=O) groups is 1. The second-order valence-corrected chi connectivity index (χ2v) is 4.52. The number of methoxy groups -OCH3 is 1. The van der Waals surface area contributed by atoms with E-state index in [9.17, 15) is 4.79 Å².